The first kappa shape index (κ1) is 31.8. The molecule has 0 saturated carbocycles. The molecule has 0 unspecified atom stereocenters. The van der Waals surface area contributed by atoms with Gasteiger partial charge in [0.15, 0.2) is 23.1 Å². The fraction of sp³-hybridized carbons (Fsp3) is 0. The van der Waals surface area contributed by atoms with Crippen molar-refractivity contribution in [1.29, 1.82) is 0 Å². The molecule has 0 aliphatic heterocycles. The van der Waals surface area contributed by atoms with Gasteiger partial charge in [-0.25, -0.2) is 19.9 Å². The number of oxazole rings is 1. The smallest absolute Gasteiger partial charge is 0.227 e. The van der Waals surface area contributed by atoms with Gasteiger partial charge in [-0.05, 0) is 59.0 Å². The van der Waals surface area contributed by atoms with E-state index in [1.165, 1.54) is 5.39 Å². The number of para-hydroxylation sites is 2. The minimum Gasteiger partial charge on any atom is -0.435 e. The van der Waals surface area contributed by atoms with Crippen LogP contribution in [0.5, 0.6) is 0 Å². The number of nitrogens with zero attached hydrogens (tertiary/aromatic N) is 5. The number of fused-ring (bicyclic) bond motifs is 6. The zero-order valence-corrected chi connectivity index (χ0v) is 30.0. The van der Waals surface area contributed by atoms with E-state index >= 15 is 0 Å². The SMILES string of the molecule is c1ccc(-c2nc3ccc4cccc(-c5nc(-c6ccc7c8ccccc8n(-c8ccccc8)c7c6)nc(-c6ccccc6-c6ccccc6)n5)c4c3o2)cc1. The van der Waals surface area contributed by atoms with Crippen LogP contribution in [-0.2, 0) is 0 Å². The summed E-state index contributed by atoms with van der Waals surface area (Å²) >= 11 is 0. The van der Waals surface area contributed by atoms with Crippen LogP contribution >= 0.6 is 0 Å². The number of hydrogen-bond acceptors (Lipinski definition) is 5. The Kier molecular flexibility index (Phi) is 7.38. The quantitative estimate of drug-likeness (QED) is 0.171. The van der Waals surface area contributed by atoms with Gasteiger partial charge in [0.1, 0.15) is 5.52 Å². The minimum atomic E-state index is 0.548. The molecule has 3 heterocycles. The van der Waals surface area contributed by atoms with E-state index in [1.807, 2.05) is 60.7 Å². The molecule has 3 aromatic heterocycles. The van der Waals surface area contributed by atoms with Crippen molar-refractivity contribution < 1.29 is 4.42 Å². The monoisotopic (exact) mass is 717 g/mol. The van der Waals surface area contributed by atoms with Crippen molar-refractivity contribution in [3.05, 3.63) is 188 Å². The zero-order valence-electron chi connectivity index (χ0n) is 30.0. The molecule has 0 fully saturated rings. The molecule has 0 radical (unpaired) electrons. The lowest BCUT2D eigenvalue weighted by Crippen LogP contribution is -2.02. The summed E-state index contributed by atoms with van der Waals surface area (Å²) < 4.78 is 8.90. The van der Waals surface area contributed by atoms with E-state index in [-0.39, 0.29) is 0 Å². The first-order chi connectivity index (χ1) is 27.8. The fourth-order valence-electron chi connectivity index (χ4n) is 7.90. The average Bonchev–Trinajstić information content (AvgIpc) is 3.87. The van der Waals surface area contributed by atoms with Crippen LogP contribution in [0.1, 0.15) is 0 Å². The van der Waals surface area contributed by atoms with E-state index in [0.29, 0.717) is 28.9 Å². The number of rotatable bonds is 6. The minimum absolute atomic E-state index is 0.548. The molecule has 6 heteroatoms. The lowest BCUT2D eigenvalue weighted by Gasteiger charge is -2.13. The summed E-state index contributed by atoms with van der Waals surface area (Å²) in [7, 11) is 0. The highest BCUT2D eigenvalue weighted by Gasteiger charge is 2.21. The summed E-state index contributed by atoms with van der Waals surface area (Å²) in [5.41, 5.74) is 10.4. The van der Waals surface area contributed by atoms with Gasteiger partial charge in [-0.2, -0.15) is 0 Å². The number of aromatic nitrogens is 5. The second kappa shape index (κ2) is 13.0. The Morgan fingerprint density at radius 2 is 1.02 bits per heavy atom. The van der Waals surface area contributed by atoms with Crippen LogP contribution in [0.15, 0.2) is 192 Å². The van der Waals surface area contributed by atoms with E-state index in [9.17, 15) is 0 Å². The molecule has 0 bridgehead atoms. The van der Waals surface area contributed by atoms with Crippen molar-refractivity contribution in [2.75, 3.05) is 0 Å². The van der Waals surface area contributed by atoms with Gasteiger partial charge in [0.25, 0.3) is 0 Å². The highest BCUT2D eigenvalue weighted by molar-refractivity contribution is 6.11. The van der Waals surface area contributed by atoms with Crippen molar-refractivity contribution in [1.82, 2.24) is 24.5 Å². The van der Waals surface area contributed by atoms with Gasteiger partial charge < -0.3 is 8.98 Å². The molecule has 11 aromatic rings. The second-order valence-corrected chi connectivity index (χ2v) is 13.8. The second-order valence-electron chi connectivity index (χ2n) is 13.8. The summed E-state index contributed by atoms with van der Waals surface area (Å²) in [6.07, 6.45) is 0. The van der Waals surface area contributed by atoms with E-state index in [2.05, 4.69) is 132 Å². The summed E-state index contributed by atoms with van der Waals surface area (Å²) in [5, 5.41) is 4.26. The van der Waals surface area contributed by atoms with Crippen molar-refractivity contribution >= 4 is 43.7 Å². The van der Waals surface area contributed by atoms with Gasteiger partial charge in [-0.15, -0.1) is 0 Å². The molecule has 262 valence electrons. The van der Waals surface area contributed by atoms with Gasteiger partial charge in [0.2, 0.25) is 5.89 Å². The molecule has 0 saturated heterocycles. The number of benzene rings is 8. The van der Waals surface area contributed by atoms with Crippen LogP contribution in [0.25, 0.3) is 106 Å². The maximum atomic E-state index is 6.58. The molecule has 0 aliphatic rings. The average molecular weight is 718 g/mol. The largest absolute Gasteiger partial charge is 0.435 e. The van der Waals surface area contributed by atoms with E-state index < -0.39 is 0 Å². The maximum Gasteiger partial charge on any atom is 0.227 e. The molecule has 56 heavy (non-hydrogen) atoms. The van der Waals surface area contributed by atoms with Gasteiger partial charge in [-0.3, -0.25) is 0 Å². The molecule has 6 nitrogen and oxygen atoms in total. The van der Waals surface area contributed by atoms with Gasteiger partial charge in [0.05, 0.1) is 11.0 Å². The Labute approximate surface area is 322 Å². The first-order valence-electron chi connectivity index (χ1n) is 18.6. The van der Waals surface area contributed by atoms with Crippen molar-refractivity contribution in [2.24, 2.45) is 0 Å². The first-order valence-corrected chi connectivity index (χ1v) is 18.6. The van der Waals surface area contributed by atoms with Crippen molar-refractivity contribution in [2.45, 2.75) is 0 Å². The Hall–Kier alpha value is -7.70. The summed E-state index contributed by atoms with van der Waals surface area (Å²) in [6, 6.07) is 64.5. The maximum absolute atomic E-state index is 6.58. The summed E-state index contributed by atoms with van der Waals surface area (Å²) in [6.45, 7) is 0. The molecular formula is C50H31N5O. The standard InChI is InChI=1S/C50H31N5O/c1-4-15-32(16-5-1)37-22-10-11-24-40(37)48-52-47(35-27-29-39-38-23-12-13-26-43(38)55(44(39)31-35)36-20-8-3-9-21-36)53-49(54-48)41-25-14-19-33-28-30-42-46(45(33)41)56-50(51-42)34-17-6-2-7-18-34/h1-31H. The van der Waals surface area contributed by atoms with E-state index in [0.717, 1.165) is 71.8 Å². The third-order valence-corrected chi connectivity index (χ3v) is 10.5. The van der Waals surface area contributed by atoms with Gasteiger partial charge in [-0.1, -0.05) is 146 Å². The molecule has 8 aromatic carbocycles. The van der Waals surface area contributed by atoms with Crippen molar-refractivity contribution in [3.63, 3.8) is 0 Å². The molecule has 0 N–H and O–H groups in total. The molecule has 0 atom stereocenters. The van der Waals surface area contributed by atoms with Gasteiger partial charge >= 0.3 is 0 Å². The summed E-state index contributed by atoms with van der Waals surface area (Å²) in [4.78, 5) is 20.7. The van der Waals surface area contributed by atoms with Crippen LogP contribution in [0.3, 0.4) is 0 Å². The van der Waals surface area contributed by atoms with E-state index in [1.54, 1.807) is 0 Å². The number of hydrogen-bond donors (Lipinski definition) is 0. The molecular weight excluding hydrogens is 687 g/mol. The third-order valence-electron chi connectivity index (χ3n) is 10.5. The predicted octanol–water partition coefficient (Wildman–Crippen LogP) is 12.6. The van der Waals surface area contributed by atoms with Crippen LogP contribution < -0.4 is 0 Å². The zero-order chi connectivity index (χ0) is 37.0. The fourth-order valence-corrected chi connectivity index (χ4v) is 7.90. The lowest BCUT2D eigenvalue weighted by molar-refractivity contribution is 0.623. The van der Waals surface area contributed by atoms with E-state index in [4.69, 9.17) is 24.4 Å². The topological polar surface area (TPSA) is 69.6 Å². The molecule has 0 spiro atoms. The van der Waals surface area contributed by atoms with Crippen LogP contribution in [0.2, 0.25) is 0 Å². The normalized spacial score (nSPS) is 11.6. The van der Waals surface area contributed by atoms with Crippen LogP contribution in [0, 0.1) is 0 Å². The molecule has 11 rings (SSSR count). The van der Waals surface area contributed by atoms with Gasteiger partial charge in [0, 0.05) is 44.1 Å². The Bertz CT molecular complexity index is 3240. The highest BCUT2D eigenvalue weighted by atomic mass is 16.3. The molecule has 0 aliphatic carbocycles. The van der Waals surface area contributed by atoms with Crippen molar-refractivity contribution in [3.8, 4) is 62.4 Å². The Morgan fingerprint density at radius 3 is 1.82 bits per heavy atom. The molecule has 0 amide bonds. The van der Waals surface area contributed by atoms with Crippen LogP contribution in [0.4, 0.5) is 0 Å². The van der Waals surface area contributed by atoms with Crippen LogP contribution in [-0.4, -0.2) is 24.5 Å². The predicted molar refractivity (Wildman–Crippen MR) is 226 cm³/mol. The highest BCUT2D eigenvalue weighted by Crippen LogP contribution is 2.39. The Balaban J connectivity index is 1.18. The summed E-state index contributed by atoms with van der Waals surface area (Å²) in [5.74, 6) is 2.28. The Morgan fingerprint density at radius 1 is 0.393 bits per heavy atom. The lowest BCUT2D eigenvalue weighted by atomic mass is 9.99. The third kappa shape index (κ3) is 5.27.